The summed E-state index contributed by atoms with van der Waals surface area (Å²) in [4.78, 5) is 25.9. The highest BCUT2D eigenvalue weighted by atomic mass is 16.1. The Balaban J connectivity index is 2.09. The second-order valence-corrected chi connectivity index (χ2v) is 4.39. The molecule has 20 heavy (non-hydrogen) atoms. The highest BCUT2D eigenvalue weighted by molar-refractivity contribution is 5.99. The van der Waals surface area contributed by atoms with Crippen LogP contribution in [0.5, 0.6) is 0 Å². The molecule has 4 nitrogen and oxygen atoms in total. The molecule has 0 bridgehead atoms. The van der Waals surface area contributed by atoms with Gasteiger partial charge in [-0.3, -0.25) is 4.79 Å². The van der Waals surface area contributed by atoms with Crippen molar-refractivity contribution in [2.75, 3.05) is 0 Å². The molecule has 0 saturated heterocycles. The number of amides is 1. The molecule has 1 N–H and O–H groups in total. The topological polar surface area (TPSA) is 58.5 Å². The van der Waals surface area contributed by atoms with E-state index in [1.54, 1.807) is 24.3 Å². The van der Waals surface area contributed by atoms with Gasteiger partial charge in [-0.05, 0) is 24.6 Å². The number of aryl methyl sites for hydroxylation is 1. The average molecular weight is 266 g/mol. The van der Waals surface area contributed by atoms with Crippen LogP contribution in [0.1, 0.15) is 21.5 Å². The summed E-state index contributed by atoms with van der Waals surface area (Å²) in [6.07, 6.45) is 1.45. The van der Waals surface area contributed by atoms with Gasteiger partial charge in [-0.2, -0.15) is 4.99 Å². The minimum atomic E-state index is -0.264. The van der Waals surface area contributed by atoms with Crippen LogP contribution in [0.15, 0.2) is 53.5 Å². The number of carbonyl (C=O) groups excluding carboxylic acids is 2. The lowest BCUT2D eigenvalue weighted by molar-refractivity contribution is 0.0951. The normalized spacial score (nSPS) is 9.65. The SMILES string of the molecule is Cc1ccc(CNC(=O)c2ccccc2N=C=O)cc1. The molecular formula is C16H14N2O2. The number of benzene rings is 2. The molecule has 0 heterocycles. The molecule has 4 heteroatoms. The van der Waals surface area contributed by atoms with Gasteiger partial charge in [0.05, 0.1) is 11.3 Å². The van der Waals surface area contributed by atoms with Crippen molar-refractivity contribution in [2.45, 2.75) is 13.5 Å². The number of nitrogens with one attached hydrogen (secondary N) is 1. The molecule has 0 unspecified atom stereocenters. The third kappa shape index (κ3) is 3.40. The van der Waals surface area contributed by atoms with E-state index in [1.807, 2.05) is 31.2 Å². The molecule has 1 amide bonds. The monoisotopic (exact) mass is 266 g/mol. The van der Waals surface area contributed by atoms with E-state index in [2.05, 4.69) is 10.3 Å². The van der Waals surface area contributed by atoms with Crippen molar-refractivity contribution in [1.29, 1.82) is 0 Å². The summed E-state index contributed by atoms with van der Waals surface area (Å²) in [7, 11) is 0. The maximum absolute atomic E-state index is 12.1. The first-order chi connectivity index (χ1) is 9.70. The fraction of sp³-hybridized carbons (Fsp3) is 0.125. The van der Waals surface area contributed by atoms with Crippen molar-refractivity contribution in [3.63, 3.8) is 0 Å². The molecule has 0 aromatic heterocycles. The van der Waals surface area contributed by atoms with E-state index in [0.29, 0.717) is 17.8 Å². The van der Waals surface area contributed by atoms with Gasteiger partial charge in [0.15, 0.2) is 0 Å². The van der Waals surface area contributed by atoms with Gasteiger partial charge in [0, 0.05) is 6.54 Å². The molecule has 0 spiro atoms. The molecule has 0 radical (unpaired) electrons. The summed E-state index contributed by atoms with van der Waals surface area (Å²) < 4.78 is 0. The molecule has 0 aliphatic carbocycles. The largest absolute Gasteiger partial charge is 0.348 e. The van der Waals surface area contributed by atoms with Crippen LogP contribution in [0.3, 0.4) is 0 Å². The van der Waals surface area contributed by atoms with Crippen molar-refractivity contribution in [2.24, 2.45) is 4.99 Å². The minimum absolute atomic E-state index is 0.264. The Labute approximate surface area is 117 Å². The van der Waals surface area contributed by atoms with Crippen LogP contribution in [0, 0.1) is 6.92 Å². The first-order valence-electron chi connectivity index (χ1n) is 6.21. The van der Waals surface area contributed by atoms with E-state index in [9.17, 15) is 9.59 Å². The van der Waals surface area contributed by atoms with E-state index in [-0.39, 0.29) is 5.91 Å². The lowest BCUT2D eigenvalue weighted by atomic mass is 10.1. The summed E-state index contributed by atoms with van der Waals surface area (Å²) in [5, 5.41) is 2.80. The number of hydrogen-bond donors (Lipinski definition) is 1. The third-order valence-corrected chi connectivity index (χ3v) is 2.89. The Hall–Kier alpha value is -2.71. The van der Waals surface area contributed by atoms with E-state index in [1.165, 1.54) is 11.6 Å². The smallest absolute Gasteiger partial charge is 0.253 e. The number of aliphatic imine (C=N–C) groups is 1. The number of nitrogens with zero attached hydrogens (tertiary/aromatic N) is 1. The van der Waals surface area contributed by atoms with E-state index < -0.39 is 0 Å². The van der Waals surface area contributed by atoms with Gasteiger partial charge < -0.3 is 5.32 Å². The molecule has 0 saturated carbocycles. The quantitative estimate of drug-likeness (QED) is 0.683. The first kappa shape index (κ1) is 13.7. The summed E-state index contributed by atoms with van der Waals surface area (Å²) in [6.45, 7) is 2.44. The molecule has 0 aliphatic rings. The van der Waals surface area contributed by atoms with Gasteiger partial charge in [0.1, 0.15) is 0 Å². The zero-order chi connectivity index (χ0) is 14.4. The van der Waals surface area contributed by atoms with Crippen molar-refractivity contribution in [3.8, 4) is 0 Å². The Morgan fingerprint density at radius 1 is 1.15 bits per heavy atom. The standard InChI is InChI=1S/C16H14N2O2/c1-12-6-8-13(9-7-12)10-17-16(20)14-4-2-3-5-15(14)18-11-19/h2-9H,10H2,1H3,(H,17,20). The van der Waals surface area contributed by atoms with Crippen LogP contribution < -0.4 is 5.32 Å². The zero-order valence-electron chi connectivity index (χ0n) is 11.1. The molecule has 2 aromatic carbocycles. The maximum atomic E-state index is 12.1. The average Bonchev–Trinajstić information content (AvgIpc) is 2.47. The number of para-hydroxylation sites is 1. The zero-order valence-corrected chi connectivity index (χ0v) is 11.1. The molecule has 2 aromatic rings. The van der Waals surface area contributed by atoms with Crippen LogP contribution in [0.2, 0.25) is 0 Å². The number of hydrogen-bond acceptors (Lipinski definition) is 3. The number of isocyanates is 1. The van der Waals surface area contributed by atoms with Crippen molar-refractivity contribution < 1.29 is 9.59 Å². The van der Waals surface area contributed by atoms with Crippen molar-refractivity contribution in [1.82, 2.24) is 5.32 Å². The fourth-order valence-electron chi connectivity index (χ4n) is 1.80. The van der Waals surface area contributed by atoms with E-state index in [4.69, 9.17) is 0 Å². The highest BCUT2D eigenvalue weighted by Gasteiger charge is 2.09. The van der Waals surface area contributed by atoms with Crippen LogP contribution in [0.4, 0.5) is 5.69 Å². The number of carbonyl (C=O) groups is 1. The Morgan fingerprint density at radius 3 is 2.55 bits per heavy atom. The second-order valence-electron chi connectivity index (χ2n) is 4.39. The Bertz CT molecular complexity index is 656. The molecule has 0 atom stereocenters. The number of rotatable bonds is 4. The second kappa shape index (κ2) is 6.45. The molecular weight excluding hydrogens is 252 g/mol. The fourth-order valence-corrected chi connectivity index (χ4v) is 1.80. The predicted molar refractivity (Wildman–Crippen MR) is 76.6 cm³/mol. The van der Waals surface area contributed by atoms with Crippen molar-refractivity contribution in [3.05, 3.63) is 65.2 Å². The Kier molecular flexibility index (Phi) is 4.43. The summed E-state index contributed by atoms with van der Waals surface area (Å²) in [6, 6.07) is 14.6. The van der Waals surface area contributed by atoms with E-state index >= 15 is 0 Å². The summed E-state index contributed by atoms with van der Waals surface area (Å²) >= 11 is 0. The van der Waals surface area contributed by atoms with Crippen LogP contribution in [0.25, 0.3) is 0 Å². The van der Waals surface area contributed by atoms with Crippen LogP contribution in [-0.2, 0) is 11.3 Å². The third-order valence-electron chi connectivity index (χ3n) is 2.89. The molecule has 2 rings (SSSR count). The Morgan fingerprint density at radius 2 is 1.85 bits per heavy atom. The van der Waals surface area contributed by atoms with Gasteiger partial charge in [0.25, 0.3) is 5.91 Å². The molecule has 0 aliphatic heterocycles. The van der Waals surface area contributed by atoms with Gasteiger partial charge in [-0.1, -0.05) is 42.0 Å². The van der Waals surface area contributed by atoms with Gasteiger partial charge in [-0.15, -0.1) is 0 Å². The lowest BCUT2D eigenvalue weighted by Crippen LogP contribution is -2.22. The maximum Gasteiger partial charge on any atom is 0.253 e. The van der Waals surface area contributed by atoms with Gasteiger partial charge >= 0.3 is 0 Å². The van der Waals surface area contributed by atoms with Gasteiger partial charge in [-0.25, -0.2) is 4.79 Å². The first-order valence-corrected chi connectivity index (χ1v) is 6.21. The summed E-state index contributed by atoms with van der Waals surface area (Å²) in [5.41, 5.74) is 2.87. The highest BCUT2D eigenvalue weighted by Crippen LogP contribution is 2.17. The molecule has 0 fully saturated rings. The lowest BCUT2D eigenvalue weighted by Gasteiger charge is -2.07. The van der Waals surface area contributed by atoms with Crippen LogP contribution in [-0.4, -0.2) is 12.0 Å². The van der Waals surface area contributed by atoms with Crippen molar-refractivity contribution >= 4 is 17.7 Å². The predicted octanol–water partition coefficient (Wildman–Crippen LogP) is 2.89. The molecule has 100 valence electrons. The van der Waals surface area contributed by atoms with Crippen LogP contribution >= 0.6 is 0 Å². The van der Waals surface area contributed by atoms with E-state index in [0.717, 1.165) is 5.56 Å². The summed E-state index contributed by atoms with van der Waals surface area (Å²) in [5.74, 6) is -0.264. The van der Waals surface area contributed by atoms with Gasteiger partial charge in [0.2, 0.25) is 6.08 Å². The minimum Gasteiger partial charge on any atom is -0.348 e.